The van der Waals surface area contributed by atoms with Crippen LogP contribution in [0.15, 0.2) is 67.3 Å². The minimum Gasteiger partial charge on any atom is -0.338 e. The van der Waals surface area contributed by atoms with Gasteiger partial charge in [0.15, 0.2) is 0 Å². The molecule has 0 spiro atoms. The molecule has 0 N–H and O–H groups in total. The molecule has 2 amide bonds. The van der Waals surface area contributed by atoms with Crippen molar-refractivity contribution in [2.75, 3.05) is 19.6 Å². The van der Waals surface area contributed by atoms with E-state index < -0.39 is 0 Å². The number of benzene rings is 2. The second-order valence-electron chi connectivity index (χ2n) is 8.53. The molecule has 0 radical (unpaired) electrons. The number of nitrogens with zero attached hydrogens (tertiary/aromatic N) is 4. The van der Waals surface area contributed by atoms with Gasteiger partial charge in [0.1, 0.15) is 5.82 Å². The number of likely N-dealkylation sites (tertiary alicyclic amines) is 2. The van der Waals surface area contributed by atoms with Crippen LogP contribution in [-0.2, 0) is 0 Å². The molecule has 0 saturated carbocycles. The van der Waals surface area contributed by atoms with Crippen molar-refractivity contribution in [1.82, 2.24) is 19.4 Å². The summed E-state index contributed by atoms with van der Waals surface area (Å²) in [5, 5.41) is 0. The van der Waals surface area contributed by atoms with Gasteiger partial charge >= 0.3 is 0 Å². The molecule has 0 unspecified atom stereocenters. The van der Waals surface area contributed by atoms with Gasteiger partial charge in [-0.2, -0.15) is 0 Å². The number of halogens is 1. The number of piperidine rings is 2. The van der Waals surface area contributed by atoms with E-state index in [2.05, 4.69) is 4.98 Å². The average molecular weight is 432 g/mol. The fraction of sp³-hybridized carbons (Fsp3) is 0.320. The predicted molar refractivity (Wildman–Crippen MR) is 118 cm³/mol. The topological polar surface area (TPSA) is 58.4 Å². The summed E-state index contributed by atoms with van der Waals surface area (Å²) in [6, 6.07) is 13.4. The van der Waals surface area contributed by atoms with E-state index in [1.807, 2.05) is 44.8 Å². The number of hydrogen-bond acceptors (Lipinski definition) is 3. The molecule has 3 heterocycles. The number of fused-ring (bicyclic) bond motifs is 1. The lowest BCUT2D eigenvalue weighted by Crippen LogP contribution is -2.56. The van der Waals surface area contributed by atoms with Crippen molar-refractivity contribution in [3.8, 4) is 5.69 Å². The van der Waals surface area contributed by atoms with Crippen molar-refractivity contribution >= 4 is 11.8 Å². The van der Waals surface area contributed by atoms with E-state index in [1.54, 1.807) is 12.5 Å². The van der Waals surface area contributed by atoms with Crippen molar-refractivity contribution in [3.05, 3.63) is 84.2 Å². The Bertz CT molecular complexity index is 1100. The van der Waals surface area contributed by atoms with Crippen molar-refractivity contribution in [3.63, 3.8) is 0 Å². The Morgan fingerprint density at radius 2 is 1.62 bits per heavy atom. The smallest absolute Gasteiger partial charge is 0.254 e. The van der Waals surface area contributed by atoms with Crippen LogP contribution in [0.25, 0.3) is 5.69 Å². The molecule has 2 aromatic carbocycles. The highest BCUT2D eigenvalue weighted by atomic mass is 19.1. The second kappa shape index (κ2) is 8.57. The number of rotatable bonds is 3. The highest BCUT2D eigenvalue weighted by Gasteiger charge is 2.39. The van der Waals surface area contributed by atoms with Crippen molar-refractivity contribution in [2.24, 2.45) is 5.92 Å². The molecular weight excluding hydrogens is 407 g/mol. The van der Waals surface area contributed by atoms with Gasteiger partial charge in [-0.3, -0.25) is 9.59 Å². The lowest BCUT2D eigenvalue weighted by molar-refractivity contribution is 0.0197. The molecule has 32 heavy (non-hydrogen) atoms. The molecule has 0 aliphatic carbocycles. The van der Waals surface area contributed by atoms with Gasteiger partial charge < -0.3 is 14.4 Å². The van der Waals surface area contributed by atoms with Crippen LogP contribution in [-0.4, -0.2) is 56.8 Å². The highest BCUT2D eigenvalue weighted by molar-refractivity contribution is 5.95. The largest absolute Gasteiger partial charge is 0.338 e. The zero-order chi connectivity index (χ0) is 22.1. The Labute approximate surface area is 186 Å². The van der Waals surface area contributed by atoms with Crippen molar-refractivity contribution in [1.29, 1.82) is 0 Å². The summed E-state index contributed by atoms with van der Waals surface area (Å²) in [6.07, 6.45) is 8.01. The van der Waals surface area contributed by atoms with Crippen LogP contribution in [0, 0.1) is 11.7 Å². The molecule has 7 heteroatoms. The van der Waals surface area contributed by atoms with Gasteiger partial charge in [0, 0.05) is 54.9 Å². The third-order valence-electron chi connectivity index (χ3n) is 6.62. The second-order valence-corrected chi connectivity index (χ2v) is 8.53. The molecule has 2 saturated heterocycles. The Kier molecular flexibility index (Phi) is 5.47. The molecule has 3 aromatic rings. The summed E-state index contributed by atoms with van der Waals surface area (Å²) in [6.45, 7) is 1.97. The van der Waals surface area contributed by atoms with Crippen molar-refractivity contribution < 1.29 is 14.0 Å². The van der Waals surface area contributed by atoms with Gasteiger partial charge in [-0.1, -0.05) is 0 Å². The van der Waals surface area contributed by atoms with Gasteiger partial charge in [0.2, 0.25) is 0 Å². The van der Waals surface area contributed by atoms with Gasteiger partial charge in [-0.25, -0.2) is 9.37 Å². The fourth-order valence-electron chi connectivity index (χ4n) is 4.97. The SMILES string of the molecule is O=C(c1ccc(F)cc1)N1CC[C@H]2[C@H](CCCN2C(=O)c2ccc(-n3ccnc3)cc2)C1. The van der Waals surface area contributed by atoms with E-state index in [9.17, 15) is 14.0 Å². The van der Waals surface area contributed by atoms with Gasteiger partial charge in [0.25, 0.3) is 11.8 Å². The van der Waals surface area contributed by atoms with Gasteiger partial charge in [-0.15, -0.1) is 0 Å². The van der Waals surface area contributed by atoms with Crippen molar-refractivity contribution in [2.45, 2.75) is 25.3 Å². The first kappa shape index (κ1) is 20.4. The molecular formula is C25H25FN4O2. The van der Waals surface area contributed by atoms with Gasteiger partial charge in [-0.05, 0) is 73.7 Å². The van der Waals surface area contributed by atoms with Crippen LogP contribution in [0.4, 0.5) is 4.39 Å². The number of hydrogen-bond donors (Lipinski definition) is 0. The maximum absolute atomic E-state index is 13.3. The minimum absolute atomic E-state index is 0.0511. The number of amides is 2. The summed E-state index contributed by atoms with van der Waals surface area (Å²) in [7, 11) is 0. The Balaban J connectivity index is 1.27. The van der Waals surface area contributed by atoms with Crippen LogP contribution in [0.2, 0.25) is 0 Å². The maximum Gasteiger partial charge on any atom is 0.254 e. The third kappa shape index (κ3) is 3.90. The van der Waals surface area contributed by atoms with Crippen LogP contribution in [0.1, 0.15) is 40.0 Å². The zero-order valence-electron chi connectivity index (χ0n) is 17.7. The standard InChI is InChI=1S/C25H25FN4O2/c26-21-7-3-18(4-8-21)24(31)28-14-11-23-20(16-28)2-1-13-30(23)25(32)19-5-9-22(10-6-19)29-15-12-27-17-29/h3-10,12,15,17,20,23H,1-2,11,13-14,16H2/t20-,23+/m1/s1. The first-order valence-electron chi connectivity index (χ1n) is 11.0. The van der Waals surface area contributed by atoms with Crippen LogP contribution < -0.4 is 0 Å². The first-order chi connectivity index (χ1) is 15.6. The molecule has 0 bridgehead atoms. The first-order valence-corrected chi connectivity index (χ1v) is 11.0. The summed E-state index contributed by atoms with van der Waals surface area (Å²) in [5.41, 5.74) is 2.15. The van der Waals surface area contributed by atoms with E-state index in [1.165, 1.54) is 24.3 Å². The summed E-state index contributed by atoms with van der Waals surface area (Å²) in [5.74, 6) is -0.104. The van der Waals surface area contributed by atoms with E-state index >= 15 is 0 Å². The predicted octanol–water partition coefficient (Wildman–Crippen LogP) is 3.78. The summed E-state index contributed by atoms with van der Waals surface area (Å²) >= 11 is 0. The van der Waals surface area contributed by atoms with E-state index in [0.29, 0.717) is 24.2 Å². The van der Waals surface area contributed by atoms with Gasteiger partial charge in [0.05, 0.1) is 6.33 Å². The molecule has 164 valence electrons. The van der Waals surface area contributed by atoms with E-state index in [-0.39, 0.29) is 29.6 Å². The quantitative estimate of drug-likeness (QED) is 0.633. The number of aromatic nitrogens is 2. The monoisotopic (exact) mass is 432 g/mol. The van der Waals surface area contributed by atoms with Crippen LogP contribution in [0.3, 0.4) is 0 Å². The van der Waals surface area contributed by atoms with E-state index in [4.69, 9.17) is 0 Å². The average Bonchev–Trinajstić information content (AvgIpc) is 3.38. The van der Waals surface area contributed by atoms with E-state index in [0.717, 1.165) is 31.5 Å². The highest BCUT2D eigenvalue weighted by Crippen LogP contribution is 2.32. The summed E-state index contributed by atoms with van der Waals surface area (Å²) < 4.78 is 15.1. The Morgan fingerprint density at radius 1 is 0.906 bits per heavy atom. The molecule has 1 aromatic heterocycles. The number of carbonyl (C=O) groups is 2. The molecule has 2 fully saturated rings. The molecule has 2 aliphatic heterocycles. The molecule has 6 nitrogen and oxygen atoms in total. The maximum atomic E-state index is 13.3. The normalized spacial score (nSPS) is 20.7. The third-order valence-corrected chi connectivity index (χ3v) is 6.62. The molecule has 2 aliphatic rings. The molecule has 5 rings (SSSR count). The zero-order valence-corrected chi connectivity index (χ0v) is 17.7. The molecule has 2 atom stereocenters. The number of carbonyl (C=O) groups excluding carboxylic acids is 2. The Morgan fingerprint density at radius 3 is 2.34 bits per heavy atom. The fourth-order valence-corrected chi connectivity index (χ4v) is 4.97. The Hall–Kier alpha value is -3.48. The lowest BCUT2D eigenvalue weighted by atomic mass is 9.83. The summed E-state index contributed by atoms with van der Waals surface area (Å²) in [4.78, 5) is 34.1. The number of imidazole rings is 1. The minimum atomic E-state index is -0.347. The van der Waals surface area contributed by atoms with Crippen LogP contribution in [0.5, 0.6) is 0 Å². The lowest BCUT2D eigenvalue weighted by Gasteiger charge is -2.47. The van der Waals surface area contributed by atoms with Crippen LogP contribution >= 0.6 is 0 Å².